The van der Waals surface area contributed by atoms with E-state index in [0.717, 1.165) is 38.6 Å². The zero-order valence-corrected chi connectivity index (χ0v) is 12.1. The molecule has 1 aromatic rings. The third kappa shape index (κ3) is 3.93. The number of aliphatic hydroxyl groups is 1. The Kier molecular flexibility index (Phi) is 5.38. The maximum atomic E-state index is 13.2. The van der Waals surface area contributed by atoms with E-state index in [9.17, 15) is 9.50 Å². The van der Waals surface area contributed by atoms with Gasteiger partial charge in [0.2, 0.25) is 0 Å². The number of nitrogens with one attached hydrogen (secondary N) is 1. The molecule has 3 nitrogen and oxygen atoms in total. The predicted molar refractivity (Wildman–Crippen MR) is 77.4 cm³/mol. The Morgan fingerprint density at radius 1 is 1.50 bits per heavy atom. The fourth-order valence-electron chi connectivity index (χ4n) is 2.89. The summed E-state index contributed by atoms with van der Waals surface area (Å²) in [4.78, 5) is 0. The van der Waals surface area contributed by atoms with Gasteiger partial charge in [-0.2, -0.15) is 0 Å². The lowest BCUT2D eigenvalue weighted by Crippen LogP contribution is -2.53. The first kappa shape index (κ1) is 15.3. The minimum Gasteiger partial charge on any atom is -0.490 e. The normalized spacial score (nSPS) is 26.4. The number of ether oxygens (including phenoxy) is 1. The smallest absolute Gasteiger partial charge is 0.126 e. The van der Waals surface area contributed by atoms with E-state index >= 15 is 0 Å². The molecule has 1 aliphatic rings. The Balaban J connectivity index is 1.98. The average Bonchev–Trinajstić information content (AvgIpc) is 2.45. The molecule has 0 radical (unpaired) electrons. The largest absolute Gasteiger partial charge is 0.490 e. The molecule has 0 aliphatic heterocycles. The molecule has 2 rings (SSSR count). The topological polar surface area (TPSA) is 41.5 Å². The van der Waals surface area contributed by atoms with Crippen molar-refractivity contribution in [3.63, 3.8) is 0 Å². The summed E-state index contributed by atoms with van der Waals surface area (Å²) < 4.78 is 19.1. The summed E-state index contributed by atoms with van der Waals surface area (Å²) in [6, 6.07) is 6.25. The molecule has 0 saturated heterocycles. The molecule has 0 heterocycles. The van der Waals surface area contributed by atoms with Crippen LogP contribution in [-0.4, -0.2) is 29.9 Å². The van der Waals surface area contributed by atoms with Crippen molar-refractivity contribution in [1.29, 1.82) is 0 Å². The second-order valence-corrected chi connectivity index (χ2v) is 5.66. The average molecular weight is 281 g/mol. The molecular weight excluding hydrogens is 257 g/mol. The van der Waals surface area contributed by atoms with Gasteiger partial charge >= 0.3 is 0 Å². The minimum absolute atomic E-state index is 0.0297. The molecule has 0 bridgehead atoms. The minimum atomic E-state index is -0.282. The predicted octanol–water partition coefficient (Wildman–Crippen LogP) is 2.88. The zero-order valence-electron chi connectivity index (χ0n) is 12.1. The van der Waals surface area contributed by atoms with Crippen LogP contribution in [0.4, 0.5) is 4.39 Å². The maximum Gasteiger partial charge on any atom is 0.126 e. The Bertz CT molecular complexity index is 427. The number of hydrogen-bond donors (Lipinski definition) is 2. The molecule has 0 amide bonds. The van der Waals surface area contributed by atoms with Crippen molar-refractivity contribution in [2.75, 3.05) is 13.2 Å². The van der Waals surface area contributed by atoms with E-state index in [4.69, 9.17) is 4.74 Å². The van der Waals surface area contributed by atoms with Gasteiger partial charge in [-0.1, -0.05) is 13.0 Å². The molecule has 2 N–H and O–H groups in total. The molecule has 2 atom stereocenters. The Morgan fingerprint density at radius 2 is 2.35 bits per heavy atom. The van der Waals surface area contributed by atoms with Gasteiger partial charge in [0, 0.05) is 18.0 Å². The highest BCUT2D eigenvalue weighted by molar-refractivity contribution is 5.22. The molecule has 112 valence electrons. The fraction of sp³-hybridized carbons (Fsp3) is 0.625. The summed E-state index contributed by atoms with van der Waals surface area (Å²) in [6.45, 7) is 3.13. The van der Waals surface area contributed by atoms with Gasteiger partial charge in [0.15, 0.2) is 0 Å². The van der Waals surface area contributed by atoms with E-state index in [0.29, 0.717) is 5.75 Å². The van der Waals surface area contributed by atoms with Crippen LogP contribution in [0.1, 0.15) is 39.0 Å². The number of halogens is 1. The Labute approximate surface area is 120 Å². The maximum absolute atomic E-state index is 13.2. The van der Waals surface area contributed by atoms with Crippen molar-refractivity contribution in [3.8, 4) is 5.75 Å². The van der Waals surface area contributed by atoms with Crippen molar-refractivity contribution in [1.82, 2.24) is 5.32 Å². The number of benzene rings is 1. The first-order valence-electron chi connectivity index (χ1n) is 7.45. The molecule has 1 aliphatic carbocycles. The van der Waals surface area contributed by atoms with Gasteiger partial charge in [0.1, 0.15) is 17.7 Å². The van der Waals surface area contributed by atoms with Crippen LogP contribution >= 0.6 is 0 Å². The molecule has 0 spiro atoms. The Morgan fingerprint density at radius 3 is 3.05 bits per heavy atom. The first-order valence-corrected chi connectivity index (χ1v) is 7.45. The molecule has 4 heteroatoms. The van der Waals surface area contributed by atoms with Gasteiger partial charge in [-0.05, 0) is 44.4 Å². The Hall–Kier alpha value is -1.13. The van der Waals surface area contributed by atoms with E-state index in [1.165, 1.54) is 12.1 Å². The molecule has 2 unspecified atom stereocenters. The number of aliphatic hydroxyl groups excluding tert-OH is 1. The number of rotatable bonds is 6. The van der Waals surface area contributed by atoms with Gasteiger partial charge in [-0.25, -0.2) is 4.39 Å². The summed E-state index contributed by atoms with van der Waals surface area (Å²) >= 11 is 0. The fourth-order valence-corrected chi connectivity index (χ4v) is 2.89. The van der Waals surface area contributed by atoms with Gasteiger partial charge < -0.3 is 15.2 Å². The molecule has 1 saturated carbocycles. The monoisotopic (exact) mass is 281 g/mol. The van der Waals surface area contributed by atoms with Crippen LogP contribution in [0.5, 0.6) is 5.75 Å². The summed E-state index contributed by atoms with van der Waals surface area (Å²) in [6.07, 6.45) is 4.76. The molecule has 0 aromatic heterocycles. The van der Waals surface area contributed by atoms with Crippen LogP contribution in [0, 0.1) is 5.82 Å². The van der Waals surface area contributed by atoms with E-state index in [-0.39, 0.29) is 24.1 Å². The summed E-state index contributed by atoms with van der Waals surface area (Å²) in [7, 11) is 0. The third-order valence-electron chi connectivity index (χ3n) is 3.95. The lowest BCUT2D eigenvalue weighted by atomic mass is 9.80. The second-order valence-electron chi connectivity index (χ2n) is 5.66. The van der Waals surface area contributed by atoms with Gasteiger partial charge in [0.05, 0.1) is 6.61 Å². The highest BCUT2D eigenvalue weighted by Crippen LogP contribution is 2.31. The number of hydrogen-bond acceptors (Lipinski definition) is 3. The van der Waals surface area contributed by atoms with Gasteiger partial charge in [0.25, 0.3) is 0 Å². The van der Waals surface area contributed by atoms with Crippen molar-refractivity contribution in [3.05, 3.63) is 30.1 Å². The SMILES string of the molecule is CCCNC1(CO)CCCC(Oc2cccc(F)c2)C1. The lowest BCUT2D eigenvalue weighted by molar-refractivity contribution is 0.0510. The van der Waals surface area contributed by atoms with Crippen LogP contribution < -0.4 is 10.1 Å². The van der Waals surface area contributed by atoms with Crippen LogP contribution in [0.2, 0.25) is 0 Å². The van der Waals surface area contributed by atoms with Crippen LogP contribution in [0.25, 0.3) is 0 Å². The van der Waals surface area contributed by atoms with E-state index in [1.807, 2.05) is 0 Å². The quantitative estimate of drug-likeness (QED) is 0.842. The second kappa shape index (κ2) is 7.04. The van der Waals surface area contributed by atoms with Crippen molar-refractivity contribution in [2.45, 2.75) is 50.7 Å². The molecular formula is C16H24FNO2. The van der Waals surface area contributed by atoms with E-state index < -0.39 is 0 Å². The first-order chi connectivity index (χ1) is 9.67. The van der Waals surface area contributed by atoms with E-state index in [1.54, 1.807) is 12.1 Å². The summed E-state index contributed by atoms with van der Waals surface area (Å²) in [5, 5.41) is 13.2. The zero-order chi connectivity index (χ0) is 14.4. The highest BCUT2D eigenvalue weighted by atomic mass is 19.1. The van der Waals surface area contributed by atoms with Crippen LogP contribution in [-0.2, 0) is 0 Å². The molecule has 20 heavy (non-hydrogen) atoms. The van der Waals surface area contributed by atoms with Crippen molar-refractivity contribution in [2.24, 2.45) is 0 Å². The van der Waals surface area contributed by atoms with Gasteiger partial charge in [-0.3, -0.25) is 0 Å². The third-order valence-corrected chi connectivity index (χ3v) is 3.95. The summed E-state index contributed by atoms with van der Waals surface area (Å²) in [5.74, 6) is 0.287. The highest BCUT2D eigenvalue weighted by Gasteiger charge is 2.36. The van der Waals surface area contributed by atoms with Crippen molar-refractivity contribution < 1.29 is 14.2 Å². The van der Waals surface area contributed by atoms with E-state index in [2.05, 4.69) is 12.2 Å². The standard InChI is InChI=1S/C16H24FNO2/c1-2-9-18-16(12-19)8-4-7-15(11-16)20-14-6-3-5-13(17)10-14/h3,5-6,10,15,18-19H,2,4,7-9,11-12H2,1H3. The lowest BCUT2D eigenvalue weighted by Gasteiger charge is -2.40. The van der Waals surface area contributed by atoms with Crippen molar-refractivity contribution >= 4 is 0 Å². The van der Waals surface area contributed by atoms with Gasteiger partial charge in [-0.15, -0.1) is 0 Å². The van der Waals surface area contributed by atoms with Crippen LogP contribution in [0.15, 0.2) is 24.3 Å². The molecule has 1 aromatic carbocycles. The molecule has 1 fully saturated rings. The van der Waals surface area contributed by atoms with Crippen LogP contribution in [0.3, 0.4) is 0 Å². The summed E-state index contributed by atoms with van der Waals surface area (Å²) in [5.41, 5.74) is -0.244.